The van der Waals surface area contributed by atoms with Crippen molar-refractivity contribution >= 4 is 15.9 Å². The molecule has 13 heteroatoms. The molecule has 3 rings (SSSR count). The van der Waals surface area contributed by atoms with Crippen LogP contribution in [0.4, 0.5) is 26.3 Å². The van der Waals surface area contributed by atoms with Gasteiger partial charge in [0, 0.05) is 32.0 Å². The molecule has 0 spiro atoms. The second-order valence-corrected chi connectivity index (χ2v) is 11.1. The Balaban J connectivity index is 1.82. The SMILES string of the molecule is C[C@@H](O[C@H]1CCN(C(=O)CCNS(C)(=O)=O)C[C@H]1c1ccccc1)c1cc(C(F)(F)F)cc(C(F)(F)F)c1. The number of amides is 1. The number of likely N-dealkylation sites (tertiary alicyclic amines) is 1. The fraction of sp³-hybridized carbons (Fsp3) is 0.480. The van der Waals surface area contributed by atoms with Crippen LogP contribution in [-0.4, -0.2) is 51.2 Å². The first-order valence-electron chi connectivity index (χ1n) is 11.8. The van der Waals surface area contributed by atoms with Crippen molar-refractivity contribution in [3.8, 4) is 0 Å². The van der Waals surface area contributed by atoms with Crippen LogP contribution < -0.4 is 4.72 Å². The van der Waals surface area contributed by atoms with Crippen molar-refractivity contribution in [3.63, 3.8) is 0 Å². The van der Waals surface area contributed by atoms with Crippen LogP contribution in [0.25, 0.3) is 0 Å². The summed E-state index contributed by atoms with van der Waals surface area (Å²) in [6, 6.07) is 10.3. The van der Waals surface area contributed by atoms with Gasteiger partial charge in [0.05, 0.1) is 29.6 Å². The number of ether oxygens (including phenoxy) is 1. The van der Waals surface area contributed by atoms with E-state index in [9.17, 15) is 39.6 Å². The Labute approximate surface area is 217 Å². The molecule has 0 saturated carbocycles. The van der Waals surface area contributed by atoms with E-state index in [2.05, 4.69) is 4.72 Å². The van der Waals surface area contributed by atoms with Gasteiger partial charge >= 0.3 is 12.4 Å². The summed E-state index contributed by atoms with van der Waals surface area (Å²) < 4.78 is 111. The van der Waals surface area contributed by atoms with Crippen LogP contribution in [0.15, 0.2) is 48.5 Å². The maximum Gasteiger partial charge on any atom is 0.416 e. The van der Waals surface area contributed by atoms with Gasteiger partial charge in [0.25, 0.3) is 0 Å². The fourth-order valence-electron chi connectivity index (χ4n) is 4.40. The number of hydrogen-bond donors (Lipinski definition) is 1. The Morgan fingerprint density at radius 3 is 2.16 bits per heavy atom. The van der Waals surface area contributed by atoms with Crippen molar-refractivity contribution in [2.24, 2.45) is 0 Å². The molecule has 0 aromatic heterocycles. The number of nitrogens with zero attached hydrogens (tertiary/aromatic N) is 1. The molecule has 1 aliphatic rings. The first-order valence-corrected chi connectivity index (χ1v) is 13.7. The van der Waals surface area contributed by atoms with Gasteiger partial charge < -0.3 is 9.64 Å². The monoisotopic (exact) mass is 566 g/mol. The standard InChI is InChI=1S/C25H28F6N2O4S/c1-16(18-12-19(24(26,27)28)14-20(13-18)25(29,30)31)37-22-9-11-33(23(34)8-10-32-38(2,35)36)15-21(22)17-6-4-3-5-7-17/h3-7,12-14,16,21-22,32H,8-11,15H2,1-2H3/t16-,21+,22+/m1/s1. The average Bonchev–Trinajstić information content (AvgIpc) is 2.82. The van der Waals surface area contributed by atoms with E-state index in [1.165, 1.54) is 6.92 Å². The van der Waals surface area contributed by atoms with Crippen LogP contribution in [0.1, 0.15) is 54.0 Å². The van der Waals surface area contributed by atoms with Gasteiger partial charge in [-0.2, -0.15) is 26.3 Å². The molecule has 1 amide bonds. The van der Waals surface area contributed by atoms with Crippen molar-refractivity contribution in [1.82, 2.24) is 9.62 Å². The van der Waals surface area contributed by atoms with Crippen molar-refractivity contribution in [2.45, 2.75) is 50.2 Å². The van der Waals surface area contributed by atoms with E-state index in [1.807, 2.05) is 0 Å². The molecule has 1 saturated heterocycles. The van der Waals surface area contributed by atoms with Crippen molar-refractivity contribution < 1.29 is 44.3 Å². The normalized spacial score (nSPS) is 19.8. The maximum absolute atomic E-state index is 13.3. The van der Waals surface area contributed by atoms with Gasteiger partial charge in [-0.1, -0.05) is 30.3 Å². The number of carbonyl (C=O) groups excluding carboxylic acids is 1. The molecule has 1 aliphatic heterocycles. The van der Waals surface area contributed by atoms with Crippen LogP contribution in [0.2, 0.25) is 0 Å². The molecule has 3 atom stereocenters. The van der Waals surface area contributed by atoms with Gasteiger partial charge in [0.1, 0.15) is 0 Å². The van der Waals surface area contributed by atoms with E-state index in [4.69, 9.17) is 4.74 Å². The average molecular weight is 567 g/mol. The highest BCUT2D eigenvalue weighted by Gasteiger charge is 2.38. The van der Waals surface area contributed by atoms with Crippen LogP contribution in [0.3, 0.4) is 0 Å². The van der Waals surface area contributed by atoms with Gasteiger partial charge in [-0.15, -0.1) is 0 Å². The second-order valence-electron chi connectivity index (χ2n) is 9.22. The topological polar surface area (TPSA) is 75.7 Å². The summed E-state index contributed by atoms with van der Waals surface area (Å²) in [7, 11) is -3.46. The van der Waals surface area contributed by atoms with Crippen LogP contribution in [-0.2, 0) is 31.9 Å². The Hall–Kier alpha value is -2.64. The summed E-state index contributed by atoms with van der Waals surface area (Å²) in [6.45, 7) is 1.74. The Kier molecular flexibility index (Phi) is 9.15. The summed E-state index contributed by atoms with van der Waals surface area (Å²) >= 11 is 0. The third-order valence-electron chi connectivity index (χ3n) is 6.29. The molecule has 0 unspecified atom stereocenters. The van der Waals surface area contributed by atoms with Crippen molar-refractivity contribution in [1.29, 1.82) is 0 Å². The minimum atomic E-state index is -4.97. The number of piperidine rings is 1. The van der Waals surface area contributed by atoms with Crippen molar-refractivity contribution in [3.05, 3.63) is 70.8 Å². The highest BCUT2D eigenvalue weighted by molar-refractivity contribution is 7.88. The number of halogens is 6. The smallest absolute Gasteiger partial charge is 0.370 e. The quantitative estimate of drug-likeness (QED) is 0.450. The summed E-state index contributed by atoms with van der Waals surface area (Å²) in [5.74, 6) is -0.701. The van der Waals surface area contributed by atoms with E-state index in [0.717, 1.165) is 11.8 Å². The van der Waals surface area contributed by atoms with Crippen LogP contribution in [0.5, 0.6) is 0 Å². The summed E-state index contributed by atoms with van der Waals surface area (Å²) in [5.41, 5.74) is -2.30. The minimum absolute atomic E-state index is 0.0685. The number of carbonyl (C=O) groups is 1. The molecule has 0 aliphatic carbocycles. The number of alkyl halides is 6. The predicted molar refractivity (Wildman–Crippen MR) is 128 cm³/mol. The second kappa shape index (κ2) is 11.6. The van der Waals surface area contributed by atoms with Gasteiger partial charge in [-0.25, -0.2) is 13.1 Å². The lowest BCUT2D eigenvalue weighted by Crippen LogP contribution is -2.46. The van der Waals surface area contributed by atoms with E-state index in [-0.39, 0.29) is 50.0 Å². The van der Waals surface area contributed by atoms with E-state index in [1.54, 1.807) is 35.2 Å². The third kappa shape index (κ3) is 8.18. The summed E-state index contributed by atoms with van der Waals surface area (Å²) in [4.78, 5) is 14.3. The zero-order chi connectivity index (χ0) is 28.3. The molecule has 6 nitrogen and oxygen atoms in total. The molecule has 1 fully saturated rings. The zero-order valence-corrected chi connectivity index (χ0v) is 21.5. The summed E-state index contributed by atoms with van der Waals surface area (Å²) in [6.07, 6.45) is -10.5. The van der Waals surface area contributed by atoms with E-state index in [0.29, 0.717) is 12.1 Å². The Morgan fingerprint density at radius 2 is 1.63 bits per heavy atom. The molecule has 0 radical (unpaired) electrons. The van der Waals surface area contributed by atoms with Crippen LogP contribution >= 0.6 is 0 Å². The third-order valence-corrected chi connectivity index (χ3v) is 7.02. The lowest BCUT2D eigenvalue weighted by atomic mass is 9.87. The van der Waals surface area contributed by atoms with Crippen LogP contribution in [0, 0.1) is 0 Å². The number of nitrogens with one attached hydrogen (secondary N) is 1. The maximum atomic E-state index is 13.3. The fourth-order valence-corrected chi connectivity index (χ4v) is 4.87. The van der Waals surface area contributed by atoms with Gasteiger partial charge in [-0.3, -0.25) is 4.79 Å². The molecule has 0 bridgehead atoms. The molecule has 210 valence electrons. The number of hydrogen-bond acceptors (Lipinski definition) is 4. The number of benzene rings is 2. The lowest BCUT2D eigenvalue weighted by Gasteiger charge is -2.40. The summed E-state index contributed by atoms with van der Waals surface area (Å²) in [5, 5.41) is 0. The molecule has 2 aromatic carbocycles. The van der Waals surface area contributed by atoms with Gasteiger partial charge in [-0.05, 0) is 42.7 Å². The first-order chi connectivity index (χ1) is 17.5. The van der Waals surface area contributed by atoms with E-state index < -0.39 is 51.6 Å². The molecule has 1 heterocycles. The molecular weight excluding hydrogens is 538 g/mol. The molecule has 2 aromatic rings. The minimum Gasteiger partial charge on any atom is -0.370 e. The molecule has 1 N–H and O–H groups in total. The molecule has 38 heavy (non-hydrogen) atoms. The lowest BCUT2D eigenvalue weighted by molar-refractivity contribution is -0.143. The highest BCUT2D eigenvalue weighted by atomic mass is 32.2. The first kappa shape index (κ1) is 29.9. The number of sulfonamides is 1. The Bertz CT molecular complexity index is 1190. The van der Waals surface area contributed by atoms with Gasteiger partial charge in [0.15, 0.2) is 0 Å². The van der Waals surface area contributed by atoms with E-state index >= 15 is 0 Å². The highest BCUT2D eigenvalue weighted by Crippen LogP contribution is 2.39. The number of rotatable bonds is 8. The Morgan fingerprint density at radius 1 is 1.05 bits per heavy atom. The zero-order valence-electron chi connectivity index (χ0n) is 20.6. The van der Waals surface area contributed by atoms with Gasteiger partial charge in [0.2, 0.25) is 15.9 Å². The predicted octanol–water partition coefficient (Wildman–Crippen LogP) is 5.13. The molecular formula is C25H28F6N2O4S. The largest absolute Gasteiger partial charge is 0.416 e. The van der Waals surface area contributed by atoms with Crippen molar-refractivity contribution in [2.75, 3.05) is 25.9 Å².